The molecule has 0 atom stereocenters. The van der Waals surface area contributed by atoms with Gasteiger partial charge in [-0.1, -0.05) is 0 Å². The van der Waals surface area contributed by atoms with Crippen LogP contribution in [0.25, 0.3) is 0 Å². The highest BCUT2D eigenvalue weighted by Crippen LogP contribution is 2.19. The van der Waals surface area contributed by atoms with Crippen molar-refractivity contribution in [3.05, 3.63) is 29.8 Å². The van der Waals surface area contributed by atoms with Gasteiger partial charge in [-0.2, -0.15) is 0 Å². The lowest BCUT2D eigenvalue weighted by atomic mass is 10.0. The SMILES string of the molecule is CC(C)(C)OC(=O)N1CCC(Nc2ccc(C(N)=O)cc2)CC1. The zero-order valence-electron chi connectivity index (χ0n) is 14.0. The monoisotopic (exact) mass is 319 g/mol. The lowest BCUT2D eigenvalue weighted by molar-refractivity contribution is 0.0210. The normalized spacial score (nSPS) is 16.0. The number of carbonyl (C=O) groups excluding carboxylic acids is 2. The van der Waals surface area contributed by atoms with Gasteiger partial charge in [-0.15, -0.1) is 0 Å². The van der Waals surface area contributed by atoms with E-state index >= 15 is 0 Å². The maximum Gasteiger partial charge on any atom is 0.410 e. The van der Waals surface area contributed by atoms with Gasteiger partial charge in [0.15, 0.2) is 0 Å². The van der Waals surface area contributed by atoms with Crippen LogP contribution in [0, 0.1) is 0 Å². The number of hydrogen-bond acceptors (Lipinski definition) is 4. The number of nitrogens with two attached hydrogens (primary N) is 1. The van der Waals surface area contributed by atoms with Crippen molar-refractivity contribution in [1.29, 1.82) is 0 Å². The number of amides is 2. The summed E-state index contributed by atoms with van der Waals surface area (Å²) in [5.74, 6) is -0.429. The fourth-order valence-corrected chi connectivity index (χ4v) is 2.50. The van der Waals surface area contributed by atoms with Crippen molar-refractivity contribution in [2.45, 2.75) is 45.3 Å². The first-order valence-corrected chi connectivity index (χ1v) is 7.89. The smallest absolute Gasteiger partial charge is 0.410 e. The summed E-state index contributed by atoms with van der Waals surface area (Å²) in [6, 6.07) is 7.41. The Kier molecular flexibility index (Phi) is 5.13. The third kappa shape index (κ3) is 5.16. The summed E-state index contributed by atoms with van der Waals surface area (Å²) >= 11 is 0. The molecule has 3 N–H and O–H groups in total. The number of nitrogens with one attached hydrogen (secondary N) is 1. The predicted octanol–water partition coefficient (Wildman–Crippen LogP) is 2.60. The van der Waals surface area contributed by atoms with E-state index in [1.165, 1.54) is 0 Å². The summed E-state index contributed by atoms with van der Waals surface area (Å²) in [5, 5.41) is 3.42. The van der Waals surface area contributed by atoms with Gasteiger partial charge in [0.25, 0.3) is 0 Å². The van der Waals surface area contributed by atoms with Crippen molar-refractivity contribution in [3.8, 4) is 0 Å². The van der Waals surface area contributed by atoms with Gasteiger partial charge in [-0.25, -0.2) is 4.79 Å². The van der Waals surface area contributed by atoms with Crippen LogP contribution in [0.1, 0.15) is 44.0 Å². The zero-order chi connectivity index (χ0) is 17.0. The molecule has 0 saturated carbocycles. The number of nitrogens with zero attached hydrogens (tertiary/aromatic N) is 1. The zero-order valence-corrected chi connectivity index (χ0v) is 14.0. The Balaban J connectivity index is 1.82. The molecule has 0 aromatic heterocycles. The molecule has 23 heavy (non-hydrogen) atoms. The Hall–Kier alpha value is -2.24. The van der Waals surface area contributed by atoms with E-state index in [-0.39, 0.29) is 6.09 Å². The van der Waals surface area contributed by atoms with E-state index in [0.717, 1.165) is 18.5 Å². The second-order valence-electron chi connectivity index (χ2n) is 6.83. The second-order valence-corrected chi connectivity index (χ2v) is 6.83. The highest BCUT2D eigenvalue weighted by molar-refractivity contribution is 5.93. The molecule has 1 heterocycles. The van der Waals surface area contributed by atoms with Gasteiger partial charge in [-0.3, -0.25) is 4.79 Å². The minimum atomic E-state index is -0.464. The molecular formula is C17H25N3O3. The topological polar surface area (TPSA) is 84.7 Å². The van der Waals surface area contributed by atoms with E-state index in [1.807, 2.05) is 32.9 Å². The van der Waals surface area contributed by atoms with Gasteiger partial charge < -0.3 is 20.7 Å². The lowest BCUT2D eigenvalue weighted by Crippen LogP contribution is -2.44. The molecule has 0 spiro atoms. The minimum Gasteiger partial charge on any atom is -0.444 e. The summed E-state index contributed by atoms with van der Waals surface area (Å²) in [6.07, 6.45) is 1.47. The molecule has 0 unspecified atom stereocenters. The average molecular weight is 319 g/mol. The third-order valence-corrected chi connectivity index (χ3v) is 3.69. The molecule has 6 heteroatoms. The first kappa shape index (κ1) is 17.1. The largest absolute Gasteiger partial charge is 0.444 e. The molecule has 1 saturated heterocycles. The van der Waals surface area contributed by atoms with Gasteiger partial charge in [0, 0.05) is 30.4 Å². The Labute approximate surface area is 137 Å². The molecule has 0 radical (unpaired) electrons. The number of anilines is 1. The standard InChI is InChI=1S/C17H25N3O3/c1-17(2,3)23-16(22)20-10-8-14(9-11-20)19-13-6-4-12(5-7-13)15(18)21/h4-7,14,19H,8-11H2,1-3H3,(H2,18,21). The van der Waals surface area contributed by atoms with Crippen LogP contribution in [0.15, 0.2) is 24.3 Å². The molecule has 6 nitrogen and oxygen atoms in total. The minimum absolute atomic E-state index is 0.248. The van der Waals surface area contributed by atoms with Gasteiger partial charge in [0.2, 0.25) is 5.91 Å². The molecule has 2 rings (SSSR count). The number of likely N-dealkylation sites (tertiary alicyclic amines) is 1. The molecular weight excluding hydrogens is 294 g/mol. The van der Waals surface area contributed by atoms with Crippen molar-refractivity contribution < 1.29 is 14.3 Å². The molecule has 1 aromatic carbocycles. The third-order valence-electron chi connectivity index (χ3n) is 3.69. The number of rotatable bonds is 3. The van der Waals surface area contributed by atoms with Crippen LogP contribution < -0.4 is 11.1 Å². The van der Waals surface area contributed by atoms with Crippen LogP contribution in [0.3, 0.4) is 0 Å². The highest BCUT2D eigenvalue weighted by Gasteiger charge is 2.26. The van der Waals surface area contributed by atoms with Gasteiger partial charge in [0.05, 0.1) is 0 Å². The fraction of sp³-hybridized carbons (Fsp3) is 0.529. The molecule has 0 bridgehead atoms. The molecule has 1 aliphatic heterocycles. The number of ether oxygens (including phenoxy) is 1. The average Bonchev–Trinajstić information content (AvgIpc) is 2.46. The summed E-state index contributed by atoms with van der Waals surface area (Å²) in [5.41, 5.74) is 6.21. The van der Waals surface area contributed by atoms with Crippen molar-refractivity contribution >= 4 is 17.7 Å². The molecule has 0 aliphatic carbocycles. The molecule has 2 amide bonds. The molecule has 126 valence electrons. The van der Waals surface area contributed by atoms with Crippen LogP contribution in [-0.4, -0.2) is 41.6 Å². The van der Waals surface area contributed by atoms with Gasteiger partial charge in [-0.05, 0) is 57.9 Å². The van der Waals surface area contributed by atoms with Crippen LogP contribution in [-0.2, 0) is 4.74 Å². The van der Waals surface area contributed by atoms with E-state index in [1.54, 1.807) is 17.0 Å². The lowest BCUT2D eigenvalue weighted by Gasteiger charge is -2.34. The van der Waals surface area contributed by atoms with Crippen molar-refractivity contribution in [3.63, 3.8) is 0 Å². The summed E-state index contributed by atoms with van der Waals surface area (Å²) in [6.45, 7) is 6.96. The maximum absolute atomic E-state index is 12.0. The first-order chi connectivity index (χ1) is 10.7. The number of primary amides is 1. The van der Waals surface area contributed by atoms with E-state index < -0.39 is 11.5 Å². The Morgan fingerprint density at radius 1 is 1.17 bits per heavy atom. The van der Waals surface area contributed by atoms with Crippen LogP contribution >= 0.6 is 0 Å². The first-order valence-electron chi connectivity index (χ1n) is 7.89. The van der Waals surface area contributed by atoms with Crippen LogP contribution in [0.2, 0.25) is 0 Å². The summed E-state index contributed by atoms with van der Waals surface area (Å²) in [7, 11) is 0. The van der Waals surface area contributed by atoms with Crippen LogP contribution in [0.4, 0.5) is 10.5 Å². The highest BCUT2D eigenvalue weighted by atomic mass is 16.6. The molecule has 1 aliphatic rings. The number of hydrogen-bond donors (Lipinski definition) is 2. The van der Waals surface area contributed by atoms with Gasteiger partial charge >= 0.3 is 6.09 Å². The van der Waals surface area contributed by atoms with Crippen molar-refractivity contribution in [1.82, 2.24) is 4.90 Å². The van der Waals surface area contributed by atoms with Gasteiger partial charge in [0.1, 0.15) is 5.60 Å². The van der Waals surface area contributed by atoms with E-state index in [9.17, 15) is 9.59 Å². The van der Waals surface area contributed by atoms with Crippen LogP contribution in [0.5, 0.6) is 0 Å². The second kappa shape index (κ2) is 6.89. The Morgan fingerprint density at radius 3 is 2.22 bits per heavy atom. The summed E-state index contributed by atoms with van der Waals surface area (Å²) < 4.78 is 5.39. The number of benzene rings is 1. The molecule has 1 fully saturated rings. The number of carbonyl (C=O) groups is 2. The fourth-order valence-electron chi connectivity index (χ4n) is 2.50. The number of piperidine rings is 1. The summed E-state index contributed by atoms with van der Waals surface area (Å²) in [4.78, 5) is 24.8. The molecule has 1 aromatic rings. The quantitative estimate of drug-likeness (QED) is 0.897. The van der Waals surface area contributed by atoms with Crippen molar-refractivity contribution in [2.75, 3.05) is 18.4 Å². The maximum atomic E-state index is 12.0. The predicted molar refractivity (Wildman–Crippen MR) is 89.4 cm³/mol. The van der Waals surface area contributed by atoms with E-state index in [4.69, 9.17) is 10.5 Å². The van der Waals surface area contributed by atoms with E-state index in [0.29, 0.717) is 24.7 Å². The Bertz CT molecular complexity index is 555. The van der Waals surface area contributed by atoms with E-state index in [2.05, 4.69) is 5.32 Å². The van der Waals surface area contributed by atoms with Crippen molar-refractivity contribution in [2.24, 2.45) is 5.73 Å². The Morgan fingerprint density at radius 2 is 1.74 bits per heavy atom.